The van der Waals surface area contributed by atoms with Gasteiger partial charge in [-0.05, 0) is 55.9 Å². The van der Waals surface area contributed by atoms with Crippen molar-refractivity contribution in [2.75, 3.05) is 23.7 Å². The molecule has 7 nitrogen and oxygen atoms in total. The fourth-order valence-electron chi connectivity index (χ4n) is 4.66. The van der Waals surface area contributed by atoms with Gasteiger partial charge in [-0.15, -0.1) is 0 Å². The third kappa shape index (κ3) is 7.56. The molecule has 1 unspecified atom stereocenters. The van der Waals surface area contributed by atoms with Crippen LogP contribution >= 0.6 is 0 Å². The third-order valence-corrected chi connectivity index (χ3v) is 7.68. The molecule has 8 heteroatoms. The fraction of sp³-hybridized carbons (Fsp3) is 0.481. The summed E-state index contributed by atoms with van der Waals surface area (Å²) in [6.45, 7) is 3.73. The average Bonchev–Trinajstić information content (AvgIpc) is 3.32. The molecule has 0 spiro atoms. The van der Waals surface area contributed by atoms with Crippen molar-refractivity contribution in [3.05, 3.63) is 65.7 Å². The van der Waals surface area contributed by atoms with Gasteiger partial charge in [0.2, 0.25) is 21.8 Å². The van der Waals surface area contributed by atoms with Crippen LogP contribution in [0, 0.1) is 6.92 Å². The van der Waals surface area contributed by atoms with Crippen LogP contribution in [-0.4, -0.2) is 56.6 Å². The number of amides is 2. The zero-order valence-electron chi connectivity index (χ0n) is 20.9. The van der Waals surface area contributed by atoms with Crippen molar-refractivity contribution in [3.63, 3.8) is 0 Å². The Labute approximate surface area is 209 Å². The van der Waals surface area contributed by atoms with Crippen LogP contribution in [0.1, 0.15) is 50.2 Å². The van der Waals surface area contributed by atoms with Gasteiger partial charge in [-0.2, -0.15) is 0 Å². The zero-order chi connectivity index (χ0) is 25.4. The molecule has 2 aromatic carbocycles. The molecule has 1 aliphatic rings. The SMILES string of the molecule is CCC(C(=O)NC1CCCC1)N(CCc1ccccc1)C(=O)CN(c1cccc(C)c1)S(C)(=O)=O. The highest BCUT2D eigenvalue weighted by Crippen LogP contribution is 2.21. The number of rotatable bonds is 11. The molecule has 0 aliphatic heterocycles. The molecule has 35 heavy (non-hydrogen) atoms. The number of nitrogens with one attached hydrogen (secondary N) is 1. The predicted octanol–water partition coefficient (Wildman–Crippen LogP) is 3.67. The van der Waals surface area contributed by atoms with Crippen LogP contribution in [0.4, 0.5) is 5.69 Å². The molecular weight excluding hydrogens is 462 g/mol. The standard InChI is InChI=1S/C27H37N3O4S/c1-4-25(27(32)28-23-14-8-9-15-23)29(18-17-22-12-6-5-7-13-22)26(31)20-30(35(3,33)34)24-16-10-11-21(2)19-24/h5-7,10-13,16,19,23,25H,4,8-9,14-15,17-18,20H2,1-3H3,(H,28,32). The van der Waals surface area contributed by atoms with E-state index in [9.17, 15) is 18.0 Å². The molecule has 1 N–H and O–H groups in total. The van der Waals surface area contributed by atoms with Crippen molar-refractivity contribution in [2.45, 2.75) is 64.5 Å². The summed E-state index contributed by atoms with van der Waals surface area (Å²) in [6.07, 6.45) is 6.22. The molecule has 190 valence electrons. The Balaban J connectivity index is 1.86. The number of aryl methyl sites for hydroxylation is 1. The first-order valence-electron chi connectivity index (χ1n) is 12.4. The topological polar surface area (TPSA) is 86.8 Å². The van der Waals surface area contributed by atoms with Crippen molar-refractivity contribution in [1.29, 1.82) is 0 Å². The van der Waals surface area contributed by atoms with E-state index in [1.165, 1.54) is 0 Å². The minimum Gasteiger partial charge on any atom is -0.352 e. The van der Waals surface area contributed by atoms with Gasteiger partial charge in [0.25, 0.3) is 0 Å². The maximum Gasteiger partial charge on any atom is 0.244 e. The summed E-state index contributed by atoms with van der Waals surface area (Å²) in [6, 6.07) is 16.3. The van der Waals surface area contributed by atoms with Crippen LogP contribution in [-0.2, 0) is 26.0 Å². The fourth-order valence-corrected chi connectivity index (χ4v) is 5.50. The number of carbonyl (C=O) groups is 2. The van der Waals surface area contributed by atoms with E-state index in [4.69, 9.17) is 0 Å². The van der Waals surface area contributed by atoms with E-state index >= 15 is 0 Å². The van der Waals surface area contributed by atoms with Crippen LogP contribution in [0.2, 0.25) is 0 Å². The van der Waals surface area contributed by atoms with Crippen LogP contribution in [0.5, 0.6) is 0 Å². The normalized spacial score (nSPS) is 14.9. The maximum atomic E-state index is 13.7. The zero-order valence-corrected chi connectivity index (χ0v) is 21.8. The quantitative estimate of drug-likeness (QED) is 0.511. The largest absolute Gasteiger partial charge is 0.352 e. The van der Waals surface area contributed by atoms with Crippen molar-refractivity contribution >= 4 is 27.5 Å². The van der Waals surface area contributed by atoms with Crippen LogP contribution in [0.25, 0.3) is 0 Å². The first kappa shape index (κ1) is 26.7. The average molecular weight is 500 g/mol. The summed E-state index contributed by atoms with van der Waals surface area (Å²) in [4.78, 5) is 28.5. The highest BCUT2D eigenvalue weighted by Gasteiger charge is 2.32. The monoisotopic (exact) mass is 499 g/mol. The maximum absolute atomic E-state index is 13.7. The van der Waals surface area contributed by atoms with Gasteiger partial charge in [-0.3, -0.25) is 13.9 Å². The molecule has 0 heterocycles. The predicted molar refractivity (Wildman–Crippen MR) is 140 cm³/mol. The lowest BCUT2D eigenvalue weighted by Gasteiger charge is -2.33. The molecule has 3 rings (SSSR count). The Hall–Kier alpha value is -2.87. The van der Waals surface area contributed by atoms with E-state index < -0.39 is 16.1 Å². The number of hydrogen-bond acceptors (Lipinski definition) is 4. The Kier molecular flexibility index (Phi) is 9.32. The van der Waals surface area contributed by atoms with Crippen molar-refractivity contribution in [2.24, 2.45) is 0 Å². The number of nitrogens with zero attached hydrogens (tertiary/aromatic N) is 2. The second kappa shape index (κ2) is 12.2. The molecular formula is C27H37N3O4S. The number of benzene rings is 2. The Morgan fingerprint density at radius 1 is 1.06 bits per heavy atom. The molecule has 0 radical (unpaired) electrons. The van der Waals surface area contributed by atoms with Gasteiger partial charge < -0.3 is 10.2 Å². The van der Waals surface area contributed by atoms with Crippen molar-refractivity contribution in [1.82, 2.24) is 10.2 Å². The van der Waals surface area contributed by atoms with Gasteiger partial charge in [0.05, 0.1) is 11.9 Å². The molecule has 0 saturated heterocycles. The highest BCUT2D eigenvalue weighted by molar-refractivity contribution is 7.92. The minimum atomic E-state index is -3.72. The molecule has 1 fully saturated rings. The van der Waals surface area contributed by atoms with Gasteiger partial charge in [0, 0.05) is 12.6 Å². The third-order valence-electron chi connectivity index (χ3n) is 6.54. The van der Waals surface area contributed by atoms with Gasteiger partial charge in [0.1, 0.15) is 12.6 Å². The Morgan fingerprint density at radius 3 is 2.34 bits per heavy atom. The second-order valence-electron chi connectivity index (χ2n) is 9.35. The first-order chi connectivity index (χ1) is 16.7. The summed E-state index contributed by atoms with van der Waals surface area (Å²) < 4.78 is 26.4. The van der Waals surface area contributed by atoms with E-state index in [1.54, 1.807) is 23.1 Å². The molecule has 1 atom stereocenters. The van der Waals surface area contributed by atoms with Crippen LogP contribution in [0.3, 0.4) is 0 Å². The van der Waals surface area contributed by atoms with E-state index in [1.807, 2.05) is 50.2 Å². The number of sulfonamides is 1. The molecule has 0 aromatic heterocycles. The summed E-state index contributed by atoms with van der Waals surface area (Å²) in [7, 11) is -3.72. The van der Waals surface area contributed by atoms with Crippen LogP contribution in [0.15, 0.2) is 54.6 Å². The van der Waals surface area contributed by atoms with Gasteiger partial charge in [0.15, 0.2) is 0 Å². The van der Waals surface area contributed by atoms with Crippen molar-refractivity contribution < 1.29 is 18.0 Å². The minimum absolute atomic E-state index is 0.141. The van der Waals surface area contributed by atoms with E-state index in [-0.39, 0.29) is 24.4 Å². The molecule has 1 saturated carbocycles. The number of anilines is 1. The lowest BCUT2D eigenvalue weighted by atomic mass is 10.1. The lowest BCUT2D eigenvalue weighted by Crippen LogP contribution is -2.54. The second-order valence-corrected chi connectivity index (χ2v) is 11.3. The number of hydrogen-bond donors (Lipinski definition) is 1. The van der Waals surface area contributed by atoms with E-state index in [0.717, 1.165) is 47.4 Å². The first-order valence-corrected chi connectivity index (χ1v) is 14.2. The summed E-state index contributed by atoms with van der Waals surface area (Å²) in [5.74, 6) is -0.552. The smallest absolute Gasteiger partial charge is 0.244 e. The van der Waals surface area contributed by atoms with Gasteiger partial charge >= 0.3 is 0 Å². The summed E-state index contributed by atoms with van der Waals surface area (Å²) in [5, 5.41) is 3.12. The van der Waals surface area contributed by atoms with Crippen LogP contribution < -0.4 is 9.62 Å². The summed E-state index contributed by atoms with van der Waals surface area (Å²) >= 11 is 0. The van der Waals surface area contributed by atoms with Crippen molar-refractivity contribution in [3.8, 4) is 0 Å². The summed E-state index contributed by atoms with van der Waals surface area (Å²) in [5.41, 5.74) is 2.38. The van der Waals surface area contributed by atoms with Gasteiger partial charge in [-0.1, -0.05) is 62.2 Å². The Bertz CT molecular complexity index is 1100. The number of carbonyl (C=O) groups excluding carboxylic acids is 2. The van der Waals surface area contributed by atoms with Gasteiger partial charge in [-0.25, -0.2) is 8.42 Å². The van der Waals surface area contributed by atoms with E-state index in [0.29, 0.717) is 25.1 Å². The molecule has 0 bridgehead atoms. The van der Waals surface area contributed by atoms with E-state index in [2.05, 4.69) is 5.32 Å². The molecule has 2 amide bonds. The Morgan fingerprint density at radius 2 is 1.74 bits per heavy atom. The lowest BCUT2D eigenvalue weighted by molar-refractivity contribution is -0.139. The highest BCUT2D eigenvalue weighted by atomic mass is 32.2. The molecule has 1 aliphatic carbocycles. The molecule has 2 aromatic rings.